The van der Waals surface area contributed by atoms with E-state index < -0.39 is 11.7 Å². The largest absolute Gasteiger partial charge is 0.444 e. The van der Waals surface area contributed by atoms with Crippen LogP contribution < -0.4 is 5.32 Å². The number of carbonyl (C=O) groups excluding carboxylic acids is 1. The van der Waals surface area contributed by atoms with Gasteiger partial charge in [-0.2, -0.15) is 0 Å². The van der Waals surface area contributed by atoms with Crippen LogP contribution in [-0.2, 0) is 4.74 Å². The van der Waals surface area contributed by atoms with Gasteiger partial charge in [0.25, 0.3) is 0 Å². The minimum atomic E-state index is -0.501. The number of hydrogen-bond donors (Lipinski definition) is 1. The Bertz CT molecular complexity index is 536. The molecule has 5 heteroatoms. The highest BCUT2D eigenvalue weighted by molar-refractivity contribution is 6.32. The van der Waals surface area contributed by atoms with Gasteiger partial charge in [-0.05, 0) is 45.7 Å². The van der Waals surface area contributed by atoms with E-state index in [9.17, 15) is 9.18 Å². The summed E-state index contributed by atoms with van der Waals surface area (Å²) in [4.78, 5) is 11.4. The quantitative estimate of drug-likeness (QED) is 0.817. The number of halogens is 2. The number of amides is 1. The van der Waals surface area contributed by atoms with Crippen LogP contribution in [0.1, 0.15) is 38.3 Å². The highest BCUT2D eigenvalue weighted by atomic mass is 35.5. The molecular weight excluding hydrogens is 293 g/mol. The van der Waals surface area contributed by atoms with E-state index in [0.29, 0.717) is 23.6 Å². The van der Waals surface area contributed by atoms with Gasteiger partial charge in [-0.15, -0.1) is 0 Å². The topological polar surface area (TPSA) is 38.3 Å². The summed E-state index contributed by atoms with van der Waals surface area (Å²) in [5, 5.41) is 3.06. The minimum Gasteiger partial charge on any atom is -0.444 e. The van der Waals surface area contributed by atoms with Crippen LogP contribution in [0.15, 0.2) is 18.2 Å². The summed E-state index contributed by atoms with van der Waals surface area (Å²) < 4.78 is 18.4. The van der Waals surface area contributed by atoms with E-state index in [1.54, 1.807) is 13.0 Å². The summed E-state index contributed by atoms with van der Waals surface area (Å²) in [5.41, 5.74) is 0.692. The van der Waals surface area contributed by atoms with Gasteiger partial charge in [-0.1, -0.05) is 29.8 Å². The van der Waals surface area contributed by atoms with E-state index in [1.807, 2.05) is 32.9 Å². The van der Waals surface area contributed by atoms with Crippen LogP contribution in [0.4, 0.5) is 9.18 Å². The standard InChI is InChI=1S/C16H21ClFNO2/c1-11-13(18)9-8-12(14(11)17)7-5-6-10-19-15(20)21-16(2,3)4/h5,7-9H,6,10H2,1-4H3,(H,19,20). The van der Waals surface area contributed by atoms with Gasteiger partial charge < -0.3 is 10.1 Å². The van der Waals surface area contributed by atoms with Gasteiger partial charge in [0.2, 0.25) is 0 Å². The number of benzene rings is 1. The predicted octanol–water partition coefficient (Wildman–Crippen LogP) is 4.72. The molecule has 0 saturated heterocycles. The molecule has 0 fully saturated rings. The lowest BCUT2D eigenvalue weighted by molar-refractivity contribution is 0.0529. The molecule has 1 amide bonds. The second kappa shape index (κ2) is 7.46. The summed E-state index contributed by atoms with van der Waals surface area (Å²) in [6, 6.07) is 3.02. The Hall–Kier alpha value is -1.55. The number of rotatable bonds is 4. The average Bonchev–Trinajstić information content (AvgIpc) is 2.36. The van der Waals surface area contributed by atoms with Crippen molar-refractivity contribution >= 4 is 23.8 Å². The summed E-state index contributed by atoms with van der Waals surface area (Å²) >= 11 is 6.05. The van der Waals surface area contributed by atoms with Crippen LogP contribution in [0, 0.1) is 12.7 Å². The number of nitrogens with one attached hydrogen (secondary N) is 1. The zero-order valence-electron chi connectivity index (χ0n) is 12.8. The second-order valence-corrected chi connectivity index (χ2v) is 6.07. The van der Waals surface area contributed by atoms with Crippen molar-refractivity contribution in [2.45, 2.75) is 39.7 Å². The van der Waals surface area contributed by atoms with Crippen molar-refractivity contribution in [3.05, 3.63) is 40.2 Å². The van der Waals surface area contributed by atoms with Crippen LogP contribution in [-0.4, -0.2) is 18.2 Å². The number of carbonyl (C=O) groups is 1. The zero-order valence-corrected chi connectivity index (χ0v) is 13.6. The highest BCUT2D eigenvalue weighted by Gasteiger charge is 2.15. The normalized spacial score (nSPS) is 11.7. The van der Waals surface area contributed by atoms with E-state index in [0.717, 1.165) is 5.56 Å². The van der Waals surface area contributed by atoms with E-state index in [2.05, 4.69) is 5.32 Å². The smallest absolute Gasteiger partial charge is 0.407 e. The minimum absolute atomic E-state index is 0.316. The molecule has 21 heavy (non-hydrogen) atoms. The maximum atomic E-state index is 13.3. The third-order valence-corrected chi connectivity index (χ3v) is 3.13. The molecule has 0 aliphatic carbocycles. The van der Waals surface area contributed by atoms with E-state index in [4.69, 9.17) is 16.3 Å². The van der Waals surface area contributed by atoms with Crippen molar-refractivity contribution < 1.29 is 13.9 Å². The lowest BCUT2D eigenvalue weighted by atomic mass is 10.1. The van der Waals surface area contributed by atoms with Crippen molar-refractivity contribution in [2.24, 2.45) is 0 Å². The number of hydrogen-bond acceptors (Lipinski definition) is 2. The predicted molar refractivity (Wildman–Crippen MR) is 84.0 cm³/mol. The van der Waals surface area contributed by atoms with Gasteiger partial charge >= 0.3 is 6.09 Å². The Morgan fingerprint density at radius 3 is 2.71 bits per heavy atom. The molecule has 1 N–H and O–H groups in total. The molecule has 0 heterocycles. The van der Waals surface area contributed by atoms with Crippen molar-refractivity contribution in [1.29, 1.82) is 0 Å². The van der Waals surface area contributed by atoms with Gasteiger partial charge in [0.1, 0.15) is 11.4 Å². The molecule has 1 aromatic rings. The first-order chi connectivity index (χ1) is 9.70. The molecule has 0 bridgehead atoms. The molecule has 0 saturated carbocycles. The summed E-state index contributed by atoms with van der Waals surface area (Å²) in [6.07, 6.45) is 3.87. The van der Waals surface area contributed by atoms with Gasteiger partial charge in [0.15, 0.2) is 0 Å². The molecule has 0 aliphatic heterocycles. The Labute approximate surface area is 130 Å². The van der Waals surface area contributed by atoms with E-state index >= 15 is 0 Å². The van der Waals surface area contributed by atoms with Crippen LogP contribution in [0.3, 0.4) is 0 Å². The maximum Gasteiger partial charge on any atom is 0.407 e. The fourth-order valence-electron chi connectivity index (χ4n) is 1.59. The first kappa shape index (κ1) is 17.5. The Balaban J connectivity index is 2.43. The molecule has 116 valence electrons. The fraction of sp³-hybridized carbons (Fsp3) is 0.438. The van der Waals surface area contributed by atoms with Crippen molar-refractivity contribution in [3.63, 3.8) is 0 Å². The van der Waals surface area contributed by atoms with Crippen LogP contribution >= 0.6 is 11.6 Å². The monoisotopic (exact) mass is 313 g/mol. The fourth-order valence-corrected chi connectivity index (χ4v) is 1.81. The molecule has 0 aromatic heterocycles. The molecule has 0 spiro atoms. The average molecular weight is 314 g/mol. The van der Waals surface area contributed by atoms with Crippen molar-refractivity contribution in [1.82, 2.24) is 5.32 Å². The molecule has 1 aromatic carbocycles. The Kier molecular flexibility index (Phi) is 6.21. The molecule has 1 rings (SSSR count). The van der Waals surface area contributed by atoms with Crippen LogP contribution in [0.5, 0.6) is 0 Å². The SMILES string of the molecule is Cc1c(F)ccc(C=CCCNC(=O)OC(C)(C)C)c1Cl. The third-order valence-electron chi connectivity index (χ3n) is 2.63. The molecule has 0 atom stereocenters. The number of ether oxygens (including phenoxy) is 1. The van der Waals surface area contributed by atoms with Crippen LogP contribution in [0.2, 0.25) is 5.02 Å². The third kappa shape index (κ3) is 6.17. The summed E-state index contributed by atoms with van der Waals surface area (Å²) in [7, 11) is 0. The first-order valence-electron chi connectivity index (χ1n) is 6.78. The number of alkyl carbamates (subject to hydrolysis) is 1. The zero-order chi connectivity index (χ0) is 16.0. The molecule has 0 radical (unpaired) electrons. The van der Waals surface area contributed by atoms with E-state index in [-0.39, 0.29) is 5.82 Å². The molecule has 0 aliphatic rings. The maximum absolute atomic E-state index is 13.3. The summed E-state index contributed by atoms with van der Waals surface area (Å²) in [6.45, 7) is 7.53. The molecule has 0 unspecified atom stereocenters. The summed E-state index contributed by atoms with van der Waals surface area (Å²) in [5.74, 6) is -0.316. The van der Waals surface area contributed by atoms with Crippen LogP contribution in [0.25, 0.3) is 6.08 Å². The van der Waals surface area contributed by atoms with Gasteiger partial charge in [0, 0.05) is 12.1 Å². The van der Waals surface area contributed by atoms with Gasteiger partial charge in [-0.3, -0.25) is 0 Å². The lowest BCUT2D eigenvalue weighted by Crippen LogP contribution is -2.32. The lowest BCUT2D eigenvalue weighted by Gasteiger charge is -2.19. The molecule has 3 nitrogen and oxygen atoms in total. The second-order valence-electron chi connectivity index (χ2n) is 5.70. The Morgan fingerprint density at radius 1 is 1.43 bits per heavy atom. The van der Waals surface area contributed by atoms with Crippen molar-refractivity contribution in [3.8, 4) is 0 Å². The van der Waals surface area contributed by atoms with Gasteiger partial charge in [-0.25, -0.2) is 9.18 Å². The van der Waals surface area contributed by atoms with Crippen molar-refractivity contribution in [2.75, 3.05) is 6.54 Å². The Morgan fingerprint density at radius 2 is 2.10 bits per heavy atom. The van der Waals surface area contributed by atoms with E-state index in [1.165, 1.54) is 6.07 Å². The first-order valence-corrected chi connectivity index (χ1v) is 7.16. The highest BCUT2D eigenvalue weighted by Crippen LogP contribution is 2.24. The van der Waals surface area contributed by atoms with Gasteiger partial charge in [0.05, 0.1) is 5.02 Å². The molecular formula is C16H21ClFNO2.